The maximum Gasteiger partial charge on any atom is 0.293 e. The Morgan fingerprint density at radius 3 is 2.67 bits per heavy atom. The minimum atomic E-state index is -0.494. The number of nitro benzene ring substituents is 1. The van der Waals surface area contributed by atoms with Crippen LogP contribution in [0.1, 0.15) is 18.1 Å². The van der Waals surface area contributed by atoms with Crippen molar-refractivity contribution in [2.24, 2.45) is 0 Å². The molecule has 0 aliphatic heterocycles. The van der Waals surface area contributed by atoms with Crippen molar-refractivity contribution in [2.45, 2.75) is 32.5 Å². The molecule has 8 nitrogen and oxygen atoms in total. The molecule has 1 heterocycles. The number of amides is 1. The van der Waals surface area contributed by atoms with Crippen LogP contribution in [0.2, 0.25) is 5.02 Å². The van der Waals surface area contributed by atoms with Crippen LogP contribution in [0.25, 0.3) is 11.4 Å². The molecule has 1 aromatic heterocycles. The number of hydrogen-bond acceptors (Lipinski definition) is 6. The molecule has 0 saturated heterocycles. The molecule has 0 atom stereocenters. The van der Waals surface area contributed by atoms with E-state index in [1.54, 1.807) is 26.0 Å². The maximum atomic E-state index is 12.5. The first-order chi connectivity index (χ1) is 14.3. The molecule has 0 saturated carbocycles. The van der Waals surface area contributed by atoms with Gasteiger partial charge in [-0.25, -0.2) is 0 Å². The molecule has 1 amide bonds. The standard InChI is InChI=1S/C20H20ClN5O3S/c1-4-25-19(14-7-5-6-8-15(14)21)23-24-20(25)30-11-17(27)22-18-13(3)9-12(2)10-16(18)26(28)29/h5-10H,4,11H2,1-3H3,(H,22,27). The van der Waals surface area contributed by atoms with Crippen LogP contribution in [0.15, 0.2) is 41.6 Å². The van der Waals surface area contributed by atoms with Crippen molar-refractivity contribution < 1.29 is 9.72 Å². The van der Waals surface area contributed by atoms with E-state index in [4.69, 9.17) is 11.6 Å². The lowest BCUT2D eigenvalue weighted by Crippen LogP contribution is -2.16. The number of nitrogens with one attached hydrogen (secondary N) is 1. The zero-order valence-corrected chi connectivity index (χ0v) is 18.3. The largest absolute Gasteiger partial charge is 0.319 e. The van der Waals surface area contributed by atoms with Gasteiger partial charge < -0.3 is 9.88 Å². The van der Waals surface area contributed by atoms with Crippen molar-refractivity contribution in [3.63, 3.8) is 0 Å². The van der Waals surface area contributed by atoms with Crippen LogP contribution in [0.3, 0.4) is 0 Å². The lowest BCUT2D eigenvalue weighted by atomic mass is 10.1. The molecule has 0 radical (unpaired) electrons. The normalized spacial score (nSPS) is 10.8. The average Bonchev–Trinajstić information content (AvgIpc) is 3.11. The topological polar surface area (TPSA) is 103 Å². The van der Waals surface area contributed by atoms with Gasteiger partial charge in [-0.15, -0.1) is 10.2 Å². The highest BCUT2D eigenvalue weighted by Gasteiger charge is 2.20. The van der Waals surface area contributed by atoms with Crippen molar-refractivity contribution in [1.82, 2.24) is 14.8 Å². The van der Waals surface area contributed by atoms with Crippen LogP contribution in [0, 0.1) is 24.0 Å². The second-order valence-corrected chi connectivity index (χ2v) is 7.95. The lowest BCUT2D eigenvalue weighted by Gasteiger charge is -2.11. The number of carbonyl (C=O) groups excluding carboxylic acids is 1. The molecule has 3 rings (SSSR count). The van der Waals surface area contributed by atoms with Crippen molar-refractivity contribution in [1.29, 1.82) is 0 Å². The quantitative estimate of drug-likeness (QED) is 0.316. The third-order valence-electron chi connectivity index (χ3n) is 4.40. The Balaban J connectivity index is 1.77. The summed E-state index contributed by atoms with van der Waals surface area (Å²) in [5.74, 6) is 0.293. The Bertz CT molecular complexity index is 1120. The van der Waals surface area contributed by atoms with E-state index in [-0.39, 0.29) is 23.0 Å². The number of benzene rings is 2. The molecule has 2 aromatic carbocycles. The monoisotopic (exact) mass is 445 g/mol. The smallest absolute Gasteiger partial charge is 0.293 e. The van der Waals surface area contributed by atoms with Gasteiger partial charge in [0.25, 0.3) is 5.69 Å². The Morgan fingerprint density at radius 1 is 1.27 bits per heavy atom. The average molecular weight is 446 g/mol. The third kappa shape index (κ3) is 4.63. The van der Waals surface area contributed by atoms with Gasteiger partial charge in [0.2, 0.25) is 5.91 Å². The van der Waals surface area contributed by atoms with Crippen molar-refractivity contribution in [2.75, 3.05) is 11.1 Å². The fourth-order valence-corrected chi connectivity index (χ4v) is 4.10. The predicted octanol–water partition coefficient (Wildman–Crippen LogP) is 4.87. The fourth-order valence-electron chi connectivity index (χ4n) is 3.08. The predicted molar refractivity (Wildman–Crippen MR) is 118 cm³/mol. The molecule has 30 heavy (non-hydrogen) atoms. The summed E-state index contributed by atoms with van der Waals surface area (Å²) in [4.78, 5) is 23.4. The number of halogens is 1. The van der Waals surface area contributed by atoms with Gasteiger partial charge in [-0.1, -0.05) is 41.6 Å². The van der Waals surface area contributed by atoms with E-state index in [1.807, 2.05) is 29.7 Å². The van der Waals surface area contributed by atoms with E-state index in [2.05, 4.69) is 15.5 Å². The highest BCUT2D eigenvalue weighted by Crippen LogP contribution is 2.31. The van der Waals surface area contributed by atoms with Gasteiger partial charge in [-0.3, -0.25) is 14.9 Å². The molecule has 0 aliphatic carbocycles. The number of hydrogen-bond donors (Lipinski definition) is 1. The van der Waals surface area contributed by atoms with E-state index in [0.29, 0.717) is 28.1 Å². The summed E-state index contributed by atoms with van der Waals surface area (Å²) < 4.78 is 1.87. The number of aryl methyl sites for hydroxylation is 2. The van der Waals surface area contributed by atoms with E-state index in [0.717, 1.165) is 11.1 Å². The van der Waals surface area contributed by atoms with Gasteiger partial charge in [-0.2, -0.15) is 0 Å². The molecular weight excluding hydrogens is 426 g/mol. The van der Waals surface area contributed by atoms with E-state index in [1.165, 1.54) is 17.8 Å². The Labute approximate surface area is 182 Å². The van der Waals surface area contributed by atoms with Crippen LogP contribution >= 0.6 is 23.4 Å². The number of carbonyl (C=O) groups is 1. The molecule has 3 aromatic rings. The van der Waals surface area contributed by atoms with E-state index >= 15 is 0 Å². The molecule has 0 aliphatic rings. The second-order valence-electron chi connectivity index (χ2n) is 6.60. The van der Waals surface area contributed by atoms with Crippen LogP contribution in [0.5, 0.6) is 0 Å². The number of rotatable bonds is 7. The summed E-state index contributed by atoms with van der Waals surface area (Å²) in [5.41, 5.74) is 2.25. The molecule has 156 valence electrons. The van der Waals surface area contributed by atoms with Crippen LogP contribution in [-0.2, 0) is 11.3 Å². The highest BCUT2D eigenvalue weighted by atomic mass is 35.5. The summed E-state index contributed by atoms with van der Waals surface area (Å²) >= 11 is 7.48. The fraction of sp³-hybridized carbons (Fsp3) is 0.250. The second kappa shape index (κ2) is 9.27. The number of nitrogens with zero attached hydrogens (tertiary/aromatic N) is 4. The number of thioether (sulfide) groups is 1. The first-order valence-corrected chi connectivity index (χ1v) is 10.5. The first kappa shape index (κ1) is 21.8. The zero-order valence-electron chi connectivity index (χ0n) is 16.7. The van der Waals surface area contributed by atoms with Gasteiger partial charge in [0.15, 0.2) is 11.0 Å². The summed E-state index contributed by atoms with van der Waals surface area (Å²) in [6.45, 7) is 6.05. The molecular formula is C20H20ClN5O3S. The Morgan fingerprint density at radius 2 is 2.00 bits per heavy atom. The van der Waals surface area contributed by atoms with Crippen molar-refractivity contribution in [3.05, 3.63) is 62.7 Å². The minimum absolute atomic E-state index is 0.0329. The van der Waals surface area contributed by atoms with Crippen molar-refractivity contribution >= 4 is 40.6 Å². The summed E-state index contributed by atoms with van der Waals surface area (Å²) in [5, 5.41) is 23.6. The van der Waals surface area contributed by atoms with Crippen molar-refractivity contribution in [3.8, 4) is 11.4 Å². The van der Waals surface area contributed by atoms with Gasteiger partial charge >= 0.3 is 0 Å². The molecule has 0 unspecified atom stereocenters. The molecule has 0 fully saturated rings. The number of nitro groups is 1. The number of anilines is 1. The molecule has 0 bridgehead atoms. The van der Waals surface area contributed by atoms with Crippen LogP contribution in [-0.4, -0.2) is 31.3 Å². The SMILES string of the molecule is CCn1c(SCC(=O)Nc2c(C)cc(C)cc2[N+](=O)[O-])nnc1-c1ccccc1Cl. The van der Waals surface area contributed by atoms with Gasteiger partial charge in [0.1, 0.15) is 5.69 Å². The minimum Gasteiger partial charge on any atom is -0.319 e. The third-order valence-corrected chi connectivity index (χ3v) is 5.70. The van der Waals surface area contributed by atoms with E-state index < -0.39 is 4.92 Å². The zero-order chi connectivity index (χ0) is 21.8. The lowest BCUT2D eigenvalue weighted by molar-refractivity contribution is -0.384. The number of aromatic nitrogens is 3. The summed E-state index contributed by atoms with van der Waals surface area (Å²) in [6, 6.07) is 10.6. The first-order valence-electron chi connectivity index (χ1n) is 9.18. The summed E-state index contributed by atoms with van der Waals surface area (Å²) in [7, 11) is 0. The Kier molecular flexibility index (Phi) is 6.73. The maximum absolute atomic E-state index is 12.5. The van der Waals surface area contributed by atoms with Gasteiger partial charge in [-0.05, 0) is 44.0 Å². The molecule has 0 spiro atoms. The molecule has 10 heteroatoms. The highest BCUT2D eigenvalue weighted by molar-refractivity contribution is 7.99. The van der Waals surface area contributed by atoms with Gasteiger partial charge in [0.05, 0.1) is 15.7 Å². The van der Waals surface area contributed by atoms with Gasteiger partial charge in [0, 0.05) is 18.2 Å². The Hall–Kier alpha value is -2.91. The van der Waals surface area contributed by atoms with E-state index in [9.17, 15) is 14.9 Å². The molecule has 1 N–H and O–H groups in total. The van der Waals surface area contributed by atoms with Crippen LogP contribution in [0.4, 0.5) is 11.4 Å². The summed E-state index contributed by atoms with van der Waals surface area (Å²) in [6.07, 6.45) is 0. The van der Waals surface area contributed by atoms with Crippen LogP contribution < -0.4 is 5.32 Å².